The zero-order valence-electron chi connectivity index (χ0n) is 12.4. The molecule has 7 heteroatoms. The fourth-order valence-electron chi connectivity index (χ4n) is 1.76. The van der Waals surface area contributed by atoms with Gasteiger partial charge in [-0.3, -0.25) is 0 Å². The summed E-state index contributed by atoms with van der Waals surface area (Å²) in [5.41, 5.74) is 0. The summed E-state index contributed by atoms with van der Waals surface area (Å²) < 4.78 is 31.8. The van der Waals surface area contributed by atoms with E-state index in [4.69, 9.17) is 4.42 Å². The summed E-state index contributed by atoms with van der Waals surface area (Å²) in [5, 5.41) is 3.28. The van der Waals surface area contributed by atoms with Gasteiger partial charge in [0, 0.05) is 24.5 Å². The summed E-state index contributed by atoms with van der Waals surface area (Å²) in [6, 6.07) is 7.40. The quantitative estimate of drug-likeness (QED) is 0.849. The zero-order valence-corrected chi connectivity index (χ0v) is 14.0. The Morgan fingerprint density at radius 2 is 2.10 bits per heavy atom. The van der Waals surface area contributed by atoms with E-state index < -0.39 is 10.0 Å². The molecule has 0 amide bonds. The number of nitrogens with zero attached hydrogens (tertiary/aromatic N) is 1. The normalized spacial score (nSPS) is 12.4. The molecule has 0 aliphatic carbocycles. The molecule has 116 valence electrons. The van der Waals surface area contributed by atoms with Crippen LogP contribution in [0.25, 0.3) is 0 Å². The van der Waals surface area contributed by atoms with Crippen LogP contribution in [0.3, 0.4) is 0 Å². The second-order valence-corrected chi connectivity index (χ2v) is 8.54. The van der Waals surface area contributed by atoms with Crippen LogP contribution in [0.1, 0.15) is 24.5 Å². The van der Waals surface area contributed by atoms with Crippen LogP contribution >= 0.6 is 11.3 Å². The van der Waals surface area contributed by atoms with E-state index >= 15 is 0 Å². The van der Waals surface area contributed by atoms with Crippen molar-refractivity contribution in [3.05, 3.63) is 41.2 Å². The molecule has 2 aromatic rings. The van der Waals surface area contributed by atoms with Gasteiger partial charge in [-0.1, -0.05) is 13.8 Å². The van der Waals surface area contributed by atoms with Crippen LogP contribution in [-0.4, -0.2) is 25.8 Å². The van der Waals surface area contributed by atoms with E-state index in [-0.39, 0.29) is 6.54 Å². The van der Waals surface area contributed by atoms with E-state index in [9.17, 15) is 8.42 Å². The highest BCUT2D eigenvalue weighted by Crippen LogP contribution is 2.25. The van der Waals surface area contributed by atoms with Crippen molar-refractivity contribution >= 4 is 21.4 Å². The Balaban J connectivity index is 2.08. The molecule has 0 fully saturated rings. The topological polar surface area (TPSA) is 62.6 Å². The monoisotopic (exact) mass is 328 g/mol. The number of hydrogen-bond donors (Lipinski definition) is 1. The molecule has 5 nitrogen and oxygen atoms in total. The first-order valence-corrected chi connectivity index (χ1v) is 8.96. The largest absolute Gasteiger partial charge is 0.468 e. The van der Waals surface area contributed by atoms with Crippen molar-refractivity contribution in [2.75, 3.05) is 7.05 Å². The minimum atomic E-state index is -3.47. The first-order chi connectivity index (χ1) is 9.89. The first kappa shape index (κ1) is 16.2. The number of rotatable bonds is 7. The second-order valence-electron chi connectivity index (χ2n) is 5.10. The van der Waals surface area contributed by atoms with Crippen LogP contribution in [0, 0.1) is 0 Å². The van der Waals surface area contributed by atoms with Gasteiger partial charge in [-0.15, -0.1) is 11.3 Å². The van der Waals surface area contributed by atoms with Crippen molar-refractivity contribution in [3.8, 4) is 0 Å². The van der Waals surface area contributed by atoms with Crippen LogP contribution in [0.4, 0.5) is 0 Å². The average Bonchev–Trinajstić information content (AvgIpc) is 3.07. The first-order valence-electron chi connectivity index (χ1n) is 6.70. The Bertz CT molecular complexity index is 660. The molecule has 0 aliphatic rings. The summed E-state index contributed by atoms with van der Waals surface area (Å²) in [7, 11) is -1.91. The molecule has 1 N–H and O–H groups in total. The molecule has 2 aromatic heterocycles. The molecule has 0 saturated heterocycles. The maximum atomic E-state index is 12.5. The molecule has 0 unspecified atom stereocenters. The lowest BCUT2D eigenvalue weighted by molar-refractivity contribution is 0.407. The third-order valence-corrected chi connectivity index (χ3v) is 6.30. The van der Waals surface area contributed by atoms with Crippen molar-refractivity contribution in [2.24, 2.45) is 0 Å². The Morgan fingerprint density at radius 1 is 1.33 bits per heavy atom. The lowest BCUT2D eigenvalue weighted by atomic mass is 10.4. The van der Waals surface area contributed by atoms with Crippen LogP contribution < -0.4 is 5.32 Å². The van der Waals surface area contributed by atoms with Crippen LogP contribution in [0.2, 0.25) is 0 Å². The van der Waals surface area contributed by atoms with E-state index in [0.29, 0.717) is 22.6 Å². The average molecular weight is 328 g/mol. The molecule has 0 radical (unpaired) electrons. The highest BCUT2D eigenvalue weighted by molar-refractivity contribution is 7.91. The third-order valence-electron chi connectivity index (χ3n) is 2.94. The van der Waals surface area contributed by atoms with E-state index in [2.05, 4.69) is 19.2 Å². The summed E-state index contributed by atoms with van der Waals surface area (Å²) in [6.45, 7) is 5.03. The SMILES string of the molecule is CC(C)NCc1ccc(S(=O)(=O)N(C)Cc2ccco2)s1. The van der Waals surface area contributed by atoms with Crippen LogP contribution in [0.15, 0.2) is 39.2 Å². The molecule has 2 heterocycles. The maximum Gasteiger partial charge on any atom is 0.252 e. The minimum absolute atomic E-state index is 0.229. The van der Waals surface area contributed by atoms with Gasteiger partial charge in [0.1, 0.15) is 9.97 Å². The molecular formula is C14H20N2O3S2. The number of sulfonamides is 1. The number of hydrogen-bond acceptors (Lipinski definition) is 5. The summed E-state index contributed by atoms with van der Waals surface area (Å²) in [5.74, 6) is 0.624. The van der Waals surface area contributed by atoms with Crippen LogP contribution in [-0.2, 0) is 23.1 Å². The standard InChI is InChI=1S/C14H20N2O3S2/c1-11(2)15-9-13-6-7-14(20-13)21(17,18)16(3)10-12-5-4-8-19-12/h4-8,11,15H,9-10H2,1-3H3. The van der Waals surface area contributed by atoms with Gasteiger partial charge in [-0.25, -0.2) is 8.42 Å². The van der Waals surface area contributed by atoms with Crippen molar-refractivity contribution < 1.29 is 12.8 Å². The Morgan fingerprint density at radius 3 is 2.71 bits per heavy atom. The van der Waals surface area contributed by atoms with Gasteiger partial charge < -0.3 is 9.73 Å². The third kappa shape index (κ3) is 4.16. The Labute approximate surface area is 129 Å². The van der Waals surface area contributed by atoms with Crippen LogP contribution in [0.5, 0.6) is 0 Å². The van der Waals surface area contributed by atoms with Gasteiger partial charge in [0.25, 0.3) is 10.0 Å². The Hall–Kier alpha value is -1.15. The van der Waals surface area contributed by atoms with Crippen molar-refractivity contribution in [3.63, 3.8) is 0 Å². The molecular weight excluding hydrogens is 308 g/mol. The smallest absolute Gasteiger partial charge is 0.252 e. The summed E-state index contributed by atoms with van der Waals surface area (Å²) in [6.07, 6.45) is 1.54. The fourth-order valence-corrected chi connectivity index (χ4v) is 4.41. The van der Waals surface area contributed by atoms with Gasteiger partial charge in [-0.05, 0) is 24.3 Å². The highest BCUT2D eigenvalue weighted by Gasteiger charge is 2.23. The Kier molecular flexibility index (Phi) is 5.21. The van der Waals surface area contributed by atoms with Gasteiger partial charge >= 0.3 is 0 Å². The number of nitrogens with one attached hydrogen (secondary N) is 1. The summed E-state index contributed by atoms with van der Waals surface area (Å²) >= 11 is 1.30. The lowest BCUT2D eigenvalue weighted by Crippen LogP contribution is -2.25. The molecule has 0 aromatic carbocycles. The molecule has 21 heavy (non-hydrogen) atoms. The number of furan rings is 1. The molecule has 0 saturated carbocycles. The van der Waals surface area contributed by atoms with Gasteiger partial charge in [-0.2, -0.15) is 4.31 Å². The predicted octanol–water partition coefficient (Wildman–Crippen LogP) is 2.66. The lowest BCUT2D eigenvalue weighted by Gasteiger charge is -2.14. The predicted molar refractivity (Wildman–Crippen MR) is 83.7 cm³/mol. The minimum Gasteiger partial charge on any atom is -0.468 e. The fraction of sp³-hybridized carbons (Fsp3) is 0.429. The molecule has 0 atom stereocenters. The van der Waals surface area contributed by atoms with Gasteiger partial charge in [0.15, 0.2) is 0 Å². The summed E-state index contributed by atoms with van der Waals surface area (Å²) in [4.78, 5) is 1.01. The van der Waals surface area contributed by atoms with Crippen molar-refractivity contribution in [1.29, 1.82) is 0 Å². The highest BCUT2D eigenvalue weighted by atomic mass is 32.2. The van der Waals surface area contributed by atoms with E-state index in [1.54, 1.807) is 25.2 Å². The molecule has 0 spiro atoms. The van der Waals surface area contributed by atoms with E-state index in [1.165, 1.54) is 21.9 Å². The zero-order chi connectivity index (χ0) is 15.5. The number of thiophene rings is 1. The second kappa shape index (κ2) is 6.74. The van der Waals surface area contributed by atoms with Crippen molar-refractivity contribution in [2.45, 2.75) is 37.2 Å². The van der Waals surface area contributed by atoms with Crippen molar-refractivity contribution in [1.82, 2.24) is 9.62 Å². The van der Waals surface area contributed by atoms with Gasteiger partial charge in [0.05, 0.1) is 12.8 Å². The molecule has 0 aliphatic heterocycles. The van der Waals surface area contributed by atoms with E-state index in [0.717, 1.165) is 4.88 Å². The molecule has 0 bridgehead atoms. The van der Waals surface area contributed by atoms with Gasteiger partial charge in [0.2, 0.25) is 0 Å². The van der Waals surface area contributed by atoms with E-state index in [1.807, 2.05) is 6.07 Å². The maximum absolute atomic E-state index is 12.5. The molecule has 2 rings (SSSR count).